The first kappa shape index (κ1) is 107. The van der Waals surface area contributed by atoms with Crippen molar-refractivity contribution in [3.63, 3.8) is 0 Å². The highest BCUT2D eigenvalue weighted by Gasteiger charge is 2.45. The van der Waals surface area contributed by atoms with Crippen molar-refractivity contribution in [1.82, 2.24) is 14.7 Å². The zero-order chi connectivity index (χ0) is 98.9. The zero-order valence-corrected chi connectivity index (χ0v) is 81.6. The van der Waals surface area contributed by atoms with Crippen molar-refractivity contribution in [2.75, 3.05) is 93.8 Å². The summed E-state index contributed by atoms with van der Waals surface area (Å²) in [5, 5.41) is 75.2. The van der Waals surface area contributed by atoms with Crippen molar-refractivity contribution in [2.45, 2.75) is 87.6 Å². The molecular formula is C88H95Cl5N4O35P5+. The summed E-state index contributed by atoms with van der Waals surface area (Å²) in [5.41, 5.74) is -0.544. The second-order valence-corrected chi connectivity index (χ2v) is 40.6. The molecule has 16 N–H and O–H groups in total. The number of rotatable bonds is 22. The lowest BCUT2D eigenvalue weighted by Gasteiger charge is -2.36. The molecule has 4 aliphatic heterocycles. The molecule has 4 saturated heterocycles. The lowest BCUT2D eigenvalue weighted by atomic mass is 9.85. The maximum absolute atomic E-state index is 13.3. The average Bonchev–Trinajstić information content (AvgIpc) is 0.752. The number of hydrogen-bond donors (Lipinski definition) is 16. The summed E-state index contributed by atoms with van der Waals surface area (Å²) in [6.45, 7) is 6.42. The largest absolute Gasteiger partial charge is 0.530 e. The number of benzene rings is 8. The van der Waals surface area contributed by atoms with Crippen molar-refractivity contribution in [3.8, 4) is 91.3 Å². The van der Waals surface area contributed by atoms with Gasteiger partial charge < -0.3 is 111 Å². The van der Waals surface area contributed by atoms with E-state index in [1.54, 1.807) is 132 Å². The van der Waals surface area contributed by atoms with Crippen molar-refractivity contribution >= 4 is 142 Å². The standard InChI is InChI=1S/C25H29ClNO8P.C21H22ClNO11P2.2C21H21ClNO8P.ClH/c1-4-32-36(31,33-5-2)35-22-13-19(29)24-18(28)12-21(15-8-6-7-9-17(15)26)34-25(24)23(22)16-10-11-27(3)14-20(16)30;1-23-7-6-12(18(10-23)34-36(29,30)31)19-17(33-35(26,27)28)9-15(25)20-14(24)8-16(32-21(19)20)11-4-2-3-5-13(11)22;2*1-23-7-6-12(18(10-23)31-32(27,28)29)19-14(24)8-15(25)20-16(26)9-17(30-21(19)20)11-4-2-3-5-13(11)22;/h6-9,12-13,16,20,29-30H,4-5,10-11,14H2,1-3H3;2-5,8-9,12,18,25H,6-7,10H2,1H3,(H2,26,27,28)(H2,29,30,31);2*2-5,8-9,12,18,24-25H,6-7,10H2,1H3,(H2,27,28,29);1H/p+1/t16-,20+;12-,18+;12-,18?;12-,18+;/m0000./s1. The Labute approximate surface area is 804 Å². The molecule has 4 aliphatic rings. The molecule has 0 radical (unpaired) electrons. The smallest absolute Gasteiger partial charge is 0.507 e. The molecule has 0 saturated carbocycles. The Hall–Kier alpha value is -9.12. The number of likely N-dealkylation sites (tertiary alicyclic amines) is 4. The van der Waals surface area contributed by atoms with Crippen LogP contribution in [0.2, 0.25) is 20.1 Å². The maximum Gasteiger partial charge on any atom is 0.530 e. The van der Waals surface area contributed by atoms with Crippen LogP contribution in [0.1, 0.15) is 85.5 Å². The number of quaternary nitrogens is 1. The third-order valence-electron chi connectivity index (χ3n) is 23.0. The van der Waals surface area contributed by atoms with Crippen LogP contribution < -0.4 is 35.7 Å². The first-order valence-corrected chi connectivity index (χ1v) is 50.9. The van der Waals surface area contributed by atoms with Gasteiger partial charge in [0.05, 0.1) is 65.2 Å². The summed E-state index contributed by atoms with van der Waals surface area (Å²) in [5.74, 6) is -5.85. The van der Waals surface area contributed by atoms with Gasteiger partial charge in [-0.2, -0.15) is 0 Å². The van der Waals surface area contributed by atoms with Crippen molar-refractivity contribution < 1.29 is 152 Å². The number of phosphoric ester groups is 5. The Morgan fingerprint density at radius 2 is 0.679 bits per heavy atom. The van der Waals surface area contributed by atoms with Gasteiger partial charge in [0.15, 0.2) is 21.7 Å². The molecule has 137 heavy (non-hydrogen) atoms. The second kappa shape index (κ2) is 44.0. The van der Waals surface area contributed by atoms with E-state index >= 15 is 0 Å². The highest BCUT2D eigenvalue weighted by atomic mass is 35.5. The second-order valence-electron chi connectivity index (χ2n) is 32.6. The minimum absolute atomic E-state index is 0. The third-order valence-corrected chi connectivity index (χ3v) is 28.0. The highest BCUT2D eigenvalue weighted by molar-refractivity contribution is 7.49. The summed E-state index contributed by atoms with van der Waals surface area (Å²) < 4.78 is 120. The Balaban J connectivity index is 0.000000164. The average molecular weight is 2100 g/mol. The van der Waals surface area contributed by atoms with E-state index in [9.17, 15) is 117 Å². The normalized spacial score (nSPS) is 19.9. The molecule has 2 unspecified atom stereocenters. The molecule has 0 bridgehead atoms. The number of nitrogens with one attached hydrogen (secondary N) is 1. The molecule has 39 nitrogen and oxygen atoms in total. The number of phenolic OH excluding ortho intramolecular Hbond substituents is 6. The van der Waals surface area contributed by atoms with E-state index in [1.165, 1.54) is 24.3 Å². The van der Waals surface area contributed by atoms with E-state index < -0.39 is 138 Å². The summed E-state index contributed by atoms with van der Waals surface area (Å²) in [6, 6.07) is 35.6. The lowest BCUT2D eigenvalue weighted by molar-refractivity contribution is -0.888. The Morgan fingerprint density at radius 1 is 0.387 bits per heavy atom. The van der Waals surface area contributed by atoms with E-state index in [0.29, 0.717) is 94.9 Å². The molecule has 4 fully saturated rings. The zero-order valence-electron chi connectivity index (χ0n) is 73.2. The Morgan fingerprint density at radius 3 is 1.00 bits per heavy atom. The molecular weight excluding hydrogens is 2010 g/mol. The summed E-state index contributed by atoms with van der Waals surface area (Å²) in [7, 11) is -16.7. The fourth-order valence-electron chi connectivity index (χ4n) is 17.3. The van der Waals surface area contributed by atoms with Crippen LogP contribution in [0.3, 0.4) is 0 Å². The minimum Gasteiger partial charge on any atom is -0.507 e. The third kappa shape index (κ3) is 25.3. The molecule has 8 aromatic carbocycles. The number of piperidine rings is 4. The number of aromatic hydroxyl groups is 6. The fraction of sp³-hybridized carbons (Fsp3) is 0.318. The van der Waals surface area contributed by atoms with Gasteiger partial charge in [0, 0.05) is 143 Å². The summed E-state index contributed by atoms with van der Waals surface area (Å²) in [6.07, 6.45) is -2.59. The number of aliphatic hydroxyl groups excluding tert-OH is 1. The molecule has 0 amide bonds. The van der Waals surface area contributed by atoms with Crippen LogP contribution in [0.5, 0.6) is 46.0 Å². The van der Waals surface area contributed by atoms with Crippen molar-refractivity contribution in [2.24, 2.45) is 0 Å². The molecule has 8 heterocycles. The molecule has 4 aromatic heterocycles. The topological polar surface area (TPSA) is 588 Å². The van der Waals surface area contributed by atoms with Crippen molar-refractivity contribution in [3.05, 3.63) is 229 Å². The predicted molar refractivity (Wildman–Crippen MR) is 508 cm³/mol. The van der Waals surface area contributed by atoms with Gasteiger partial charge in [-0.3, -0.25) is 51.6 Å². The van der Waals surface area contributed by atoms with Gasteiger partial charge in [-0.05, 0) is 122 Å². The monoisotopic (exact) mass is 2100 g/mol. The van der Waals surface area contributed by atoms with Gasteiger partial charge in [0.1, 0.15) is 126 Å². The summed E-state index contributed by atoms with van der Waals surface area (Å²) >= 11 is 25.1. The highest BCUT2D eigenvalue weighted by Crippen LogP contribution is 2.57. The van der Waals surface area contributed by atoms with Gasteiger partial charge in [-0.1, -0.05) is 94.9 Å². The van der Waals surface area contributed by atoms with Crippen LogP contribution in [0.15, 0.2) is 182 Å². The van der Waals surface area contributed by atoms with E-state index in [0.717, 1.165) is 29.2 Å². The number of nitrogens with zero attached hydrogens (tertiary/aromatic N) is 3. The molecule has 16 rings (SSSR count). The van der Waals surface area contributed by atoms with Crippen LogP contribution in [-0.2, 0) is 45.4 Å². The Kier molecular flexibility index (Phi) is 34.2. The SMILES string of the molecule is CCOP(=O)(OCC)Oc1cc(O)c2c(=O)cc(-c3ccccc3Cl)oc2c1[C@H]1CCN(C)C[C@H]1O.CN1CC[C@H](c2c(O)cc(O)c3c(=O)cc(-c4ccccc4Cl)oc23)C(OP(=O)(O)O)C1.CN1CC[C@H](c2c(O)cc(O)c3c(=O)cc(-c4ccccc4Cl)oc23)[C@H](OP(=O)(O)O)C1.C[NH+]1CC[C@H](c2c(OP(=O)(O)O)cc(O)c3c(=O)cc(-c4ccccc4Cl)oc23)[C@H](OP(=O)(O)O)C1.Cl. The molecule has 9 atom stereocenters. The lowest BCUT2D eigenvalue weighted by Crippen LogP contribution is -3.11. The quantitative estimate of drug-likeness (QED) is 0.0280. The van der Waals surface area contributed by atoms with Crippen LogP contribution >= 0.6 is 97.9 Å². The number of aliphatic hydroxyl groups is 1. The molecule has 0 spiro atoms. The molecule has 49 heteroatoms. The van der Waals surface area contributed by atoms with Gasteiger partial charge >= 0.3 is 39.1 Å². The minimum atomic E-state index is -5.18. The number of halogens is 5. The van der Waals surface area contributed by atoms with Gasteiger partial charge in [-0.25, -0.2) is 22.8 Å². The number of phenols is 6. The predicted octanol–water partition coefficient (Wildman–Crippen LogP) is 14.2. The van der Waals surface area contributed by atoms with E-state index in [-0.39, 0.29) is 158 Å². The fourth-order valence-corrected chi connectivity index (χ4v) is 21.5. The number of hydrogen-bond acceptors (Lipinski definition) is 30. The van der Waals surface area contributed by atoms with Crippen LogP contribution in [0.4, 0.5) is 0 Å². The van der Waals surface area contributed by atoms with Crippen LogP contribution in [0, 0.1) is 0 Å². The van der Waals surface area contributed by atoms with Crippen LogP contribution in [-0.4, -0.2) is 208 Å². The van der Waals surface area contributed by atoms with E-state index in [1.807, 2.05) is 21.7 Å². The first-order chi connectivity index (χ1) is 64.0. The van der Waals surface area contributed by atoms with Crippen LogP contribution in [0.25, 0.3) is 89.2 Å². The Bertz CT molecular complexity index is 6840. The summed E-state index contributed by atoms with van der Waals surface area (Å²) in [4.78, 5) is 134. The van der Waals surface area contributed by atoms with Gasteiger partial charge in [0.25, 0.3) is 0 Å². The maximum atomic E-state index is 13.3. The number of fused-ring (bicyclic) bond motifs is 4. The number of β-amino-alcohol motifs (C(OH)–C–C–N with tert-alkyl or cyclic N) is 1. The van der Waals surface area contributed by atoms with Gasteiger partial charge in [-0.15, -0.1) is 12.4 Å². The van der Waals surface area contributed by atoms with E-state index in [2.05, 4.69) is 0 Å². The number of likely N-dealkylation sites (N-methyl/N-ethyl adjacent to an activating group) is 4. The van der Waals surface area contributed by atoms with Crippen molar-refractivity contribution in [1.29, 1.82) is 0 Å². The van der Waals surface area contributed by atoms with Gasteiger partial charge in [0.2, 0.25) is 0 Å². The first-order valence-electron chi connectivity index (χ1n) is 41.8. The number of phosphoric acid groups is 5. The molecule has 736 valence electrons. The van der Waals surface area contributed by atoms with E-state index in [4.69, 9.17) is 95.7 Å². The molecule has 0 aliphatic carbocycles. The molecule has 12 aromatic rings.